The lowest BCUT2D eigenvalue weighted by Crippen LogP contribution is -2.36. The van der Waals surface area contributed by atoms with Crippen LogP contribution in [0.2, 0.25) is 0 Å². The summed E-state index contributed by atoms with van der Waals surface area (Å²) in [7, 11) is 0. The van der Waals surface area contributed by atoms with Crippen molar-refractivity contribution < 1.29 is 4.79 Å². The van der Waals surface area contributed by atoms with Crippen molar-refractivity contribution >= 4 is 6.03 Å². The smallest absolute Gasteiger partial charge is 0.327 e. The molecule has 0 radical (unpaired) electrons. The van der Waals surface area contributed by atoms with Gasteiger partial charge < -0.3 is 5.32 Å². The second-order valence-electron chi connectivity index (χ2n) is 3.46. The predicted octanol–water partition coefficient (Wildman–Crippen LogP) is 0.993. The summed E-state index contributed by atoms with van der Waals surface area (Å²) in [5.41, 5.74) is 0.0430. The molecule has 1 aromatic heterocycles. The molecule has 1 fully saturated rings. The molecular formula is C8H11N3O. The highest BCUT2D eigenvalue weighted by atomic mass is 16.2. The van der Waals surface area contributed by atoms with E-state index in [1.807, 2.05) is 6.92 Å². The van der Waals surface area contributed by atoms with Crippen LogP contribution in [0.25, 0.3) is 0 Å². The fraction of sp³-hybridized carbons (Fsp3) is 0.500. The van der Waals surface area contributed by atoms with Crippen LogP contribution < -0.4 is 5.32 Å². The molecule has 12 heavy (non-hydrogen) atoms. The molecule has 1 aliphatic carbocycles. The average molecular weight is 165 g/mol. The highest BCUT2D eigenvalue weighted by Crippen LogP contribution is 2.34. The van der Waals surface area contributed by atoms with Gasteiger partial charge in [0.05, 0.1) is 0 Å². The van der Waals surface area contributed by atoms with Crippen molar-refractivity contribution in [1.29, 1.82) is 0 Å². The lowest BCUT2D eigenvalue weighted by atomic mass is 10.3. The zero-order chi connectivity index (χ0) is 8.60. The SMILES string of the molecule is CC1(NC(=O)n2ccnc2)CC1. The van der Waals surface area contributed by atoms with Gasteiger partial charge in [-0.1, -0.05) is 0 Å². The van der Waals surface area contributed by atoms with E-state index in [1.54, 1.807) is 12.4 Å². The van der Waals surface area contributed by atoms with Crippen LogP contribution >= 0.6 is 0 Å². The van der Waals surface area contributed by atoms with Gasteiger partial charge in [0.1, 0.15) is 6.33 Å². The molecule has 0 bridgehead atoms. The van der Waals surface area contributed by atoms with Gasteiger partial charge in [-0.25, -0.2) is 9.78 Å². The lowest BCUT2D eigenvalue weighted by Gasteiger charge is -2.10. The van der Waals surface area contributed by atoms with E-state index in [-0.39, 0.29) is 11.6 Å². The Hall–Kier alpha value is -1.32. The van der Waals surface area contributed by atoms with E-state index in [0.717, 1.165) is 12.8 Å². The normalized spacial score (nSPS) is 18.8. The third-order valence-electron chi connectivity index (χ3n) is 2.15. The third-order valence-corrected chi connectivity index (χ3v) is 2.15. The van der Waals surface area contributed by atoms with Gasteiger partial charge in [-0.3, -0.25) is 4.57 Å². The van der Waals surface area contributed by atoms with Gasteiger partial charge in [0.25, 0.3) is 0 Å². The summed E-state index contributed by atoms with van der Waals surface area (Å²) in [4.78, 5) is 15.2. The van der Waals surface area contributed by atoms with Crippen molar-refractivity contribution in [3.8, 4) is 0 Å². The maximum Gasteiger partial charge on any atom is 0.327 e. The lowest BCUT2D eigenvalue weighted by molar-refractivity contribution is 0.238. The number of carbonyl (C=O) groups excluding carboxylic acids is 1. The van der Waals surface area contributed by atoms with Crippen LogP contribution in [0, 0.1) is 0 Å². The summed E-state index contributed by atoms with van der Waals surface area (Å²) < 4.78 is 1.45. The van der Waals surface area contributed by atoms with Gasteiger partial charge in [0, 0.05) is 17.9 Å². The summed E-state index contributed by atoms with van der Waals surface area (Å²) in [6.07, 6.45) is 6.89. The second-order valence-corrected chi connectivity index (χ2v) is 3.46. The summed E-state index contributed by atoms with van der Waals surface area (Å²) >= 11 is 0. The largest absolute Gasteiger partial charge is 0.332 e. The zero-order valence-corrected chi connectivity index (χ0v) is 6.95. The number of hydrogen-bond acceptors (Lipinski definition) is 2. The Labute approximate surface area is 70.6 Å². The van der Waals surface area contributed by atoms with Crippen LogP contribution in [0.5, 0.6) is 0 Å². The minimum absolute atomic E-state index is 0.0430. The van der Waals surface area contributed by atoms with Gasteiger partial charge >= 0.3 is 6.03 Å². The molecule has 1 heterocycles. The first kappa shape index (κ1) is 7.34. The molecule has 1 aromatic rings. The number of amides is 1. The van der Waals surface area contributed by atoms with E-state index < -0.39 is 0 Å². The van der Waals surface area contributed by atoms with Crippen LogP contribution in [0.4, 0.5) is 4.79 Å². The molecule has 0 aromatic carbocycles. The number of nitrogens with one attached hydrogen (secondary N) is 1. The van der Waals surface area contributed by atoms with E-state index in [2.05, 4.69) is 10.3 Å². The fourth-order valence-corrected chi connectivity index (χ4v) is 1.01. The molecule has 4 nitrogen and oxygen atoms in total. The summed E-state index contributed by atoms with van der Waals surface area (Å²) in [6, 6.07) is -0.0903. The van der Waals surface area contributed by atoms with Crippen LogP contribution in [-0.4, -0.2) is 21.1 Å². The molecule has 1 amide bonds. The summed E-state index contributed by atoms with van der Waals surface area (Å²) in [6.45, 7) is 2.04. The number of carbonyl (C=O) groups is 1. The highest BCUT2D eigenvalue weighted by molar-refractivity contribution is 5.77. The Morgan fingerprint density at radius 1 is 1.67 bits per heavy atom. The molecular weight excluding hydrogens is 154 g/mol. The van der Waals surface area contributed by atoms with E-state index in [4.69, 9.17) is 0 Å². The average Bonchev–Trinajstić information content (AvgIpc) is 2.55. The summed E-state index contributed by atoms with van der Waals surface area (Å²) in [5, 5.41) is 2.92. The topological polar surface area (TPSA) is 46.9 Å². The zero-order valence-electron chi connectivity index (χ0n) is 6.95. The molecule has 0 unspecified atom stereocenters. The van der Waals surface area contributed by atoms with Gasteiger partial charge in [-0.15, -0.1) is 0 Å². The number of imidazole rings is 1. The van der Waals surface area contributed by atoms with Crippen molar-refractivity contribution in [2.24, 2.45) is 0 Å². The Kier molecular flexibility index (Phi) is 1.43. The molecule has 0 spiro atoms. The third kappa shape index (κ3) is 1.32. The van der Waals surface area contributed by atoms with E-state index in [1.165, 1.54) is 10.9 Å². The van der Waals surface area contributed by atoms with Crippen LogP contribution in [0.15, 0.2) is 18.7 Å². The summed E-state index contributed by atoms with van der Waals surface area (Å²) in [5.74, 6) is 0. The Morgan fingerprint density at radius 2 is 2.42 bits per heavy atom. The van der Waals surface area contributed by atoms with Crippen molar-refractivity contribution in [3.63, 3.8) is 0 Å². The first-order valence-corrected chi connectivity index (χ1v) is 4.00. The van der Waals surface area contributed by atoms with Crippen LogP contribution in [-0.2, 0) is 0 Å². The molecule has 64 valence electrons. The molecule has 1 aliphatic rings. The molecule has 0 atom stereocenters. The quantitative estimate of drug-likeness (QED) is 0.674. The van der Waals surface area contributed by atoms with Crippen molar-refractivity contribution in [2.75, 3.05) is 0 Å². The van der Waals surface area contributed by atoms with E-state index in [0.29, 0.717) is 0 Å². The first-order valence-electron chi connectivity index (χ1n) is 4.00. The second kappa shape index (κ2) is 2.33. The molecule has 1 saturated carbocycles. The van der Waals surface area contributed by atoms with Crippen LogP contribution in [0.3, 0.4) is 0 Å². The van der Waals surface area contributed by atoms with Gasteiger partial charge in [-0.2, -0.15) is 0 Å². The minimum Gasteiger partial charge on any atom is -0.332 e. The van der Waals surface area contributed by atoms with Crippen molar-refractivity contribution in [2.45, 2.75) is 25.3 Å². The maximum atomic E-state index is 11.4. The molecule has 0 saturated heterocycles. The molecule has 2 rings (SSSR count). The number of hydrogen-bond donors (Lipinski definition) is 1. The Bertz CT molecular complexity index is 287. The standard InChI is InChI=1S/C8H11N3O/c1-8(2-3-8)10-7(12)11-5-4-9-6-11/h4-6H,2-3H2,1H3,(H,10,12). The molecule has 0 aliphatic heterocycles. The minimum atomic E-state index is -0.0903. The van der Waals surface area contributed by atoms with Crippen molar-refractivity contribution in [3.05, 3.63) is 18.7 Å². The predicted molar refractivity (Wildman–Crippen MR) is 43.8 cm³/mol. The van der Waals surface area contributed by atoms with E-state index in [9.17, 15) is 4.79 Å². The first-order chi connectivity index (χ1) is 5.70. The van der Waals surface area contributed by atoms with Gasteiger partial charge in [0.2, 0.25) is 0 Å². The Morgan fingerprint density at radius 3 is 2.92 bits per heavy atom. The van der Waals surface area contributed by atoms with Crippen molar-refractivity contribution in [1.82, 2.24) is 14.9 Å². The number of aromatic nitrogens is 2. The van der Waals surface area contributed by atoms with Gasteiger partial charge in [-0.05, 0) is 19.8 Å². The fourth-order valence-electron chi connectivity index (χ4n) is 1.01. The van der Waals surface area contributed by atoms with Gasteiger partial charge in [0.15, 0.2) is 0 Å². The molecule has 1 N–H and O–H groups in total. The molecule has 4 heteroatoms. The highest BCUT2D eigenvalue weighted by Gasteiger charge is 2.38. The number of nitrogens with zero attached hydrogens (tertiary/aromatic N) is 2. The number of rotatable bonds is 1. The van der Waals surface area contributed by atoms with Crippen LogP contribution in [0.1, 0.15) is 19.8 Å². The Balaban J connectivity index is 2.02. The maximum absolute atomic E-state index is 11.4. The monoisotopic (exact) mass is 165 g/mol. The van der Waals surface area contributed by atoms with E-state index >= 15 is 0 Å².